The predicted octanol–water partition coefficient (Wildman–Crippen LogP) is 4.36. The monoisotopic (exact) mass is 326 g/mol. The first-order chi connectivity index (χ1) is 11.2. The average molecular weight is 326 g/mol. The molecule has 128 valence electrons. The highest BCUT2D eigenvalue weighted by Crippen LogP contribution is 2.32. The lowest BCUT2D eigenvalue weighted by atomic mass is 9.82. The third kappa shape index (κ3) is 4.93. The molecule has 1 aromatic rings. The molecule has 0 heterocycles. The highest BCUT2D eigenvalue weighted by atomic mass is 19.2. The molecule has 0 bridgehead atoms. The van der Waals surface area contributed by atoms with Gasteiger partial charge in [-0.2, -0.15) is 8.78 Å². The van der Waals surface area contributed by atoms with E-state index < -0.39 is 11.6 Å². The van der Waals surface area contributed by atoms with Crippen LogP contribution >= 0.6 is 0 Å². The minimum Gasteiger partial charge on any atom is -0.494 e. The van der Waals surface area contributed by atoms with Crippen molar-refractivity contribution in [3.05, 3.63) is 35.9 Å². The highest BCUT2D eigenvalue weighted by molar-refractivity contribution is 5.34. The zero-order chi connectivity index (χ0) is 16.7. The number of allylic oxidation sites excluding steroid dienone is 1. The van der Waals surface area contributed by atoms with Gasteiger partial charge in [-0.05, 0) is 49.7 Å². The van der Waals surface area contributed by atoms with Gasteiger partial charge in [0.05, 0.1) is 20.3 Å². The SMILES string of the molecule is COCC=C[C@H]1CC[C@H](COc2ccc(OC)c(F)c2F)CC1. The van der Waals surface area contributed by atoms with Crippen LogP contribution in [0.4, 0.5) is 8.78 Å². The molecule has 1 aliphatic carbocycles. The first-order valence-electron chi connectivity index (χ1n) is 7.96. The van der Waals surface area contributed by atoms with E-state index in [1.165, 1.54) is 19.2 Å². The molecule has 2 rings (SSSR count). The number of hydrogen-bond donors (Lipinski definition) is 0. The summed E-state index contributed by atoms with van der Waals surface area (Å²) >= 11 is 0. The van der Waals surface area contributed by atoms with Crippen LogP contribution in [0.5, 0.6) is 11.5 Å². The number of hydrogen-bond acceptors (Lipinski definition) is 3. The van der Waals surface area contributed by atoms with Crippen molar-refractivity contribution in [1.29, 1.82) is 0 Å². The number of halogens is 2. The summed E-state index contributed by atoms with van der Waals surface area (Å²) in [6.45, 7) is 1.06. The third-order valence-corrected chi connectivity index (χ3v) is 4.27. The molecule has 23 heavy (non-hydrogen) atoms. The fraction of sp³-hybridized carbons (Fsp3) is 0.556. The molecule has 1 fully saturated rings. The predicted molar refractivity (Wildman–Crippen MR) is 84.9 cm³/mol. The molecular formula is C18H24F2O3. The van der Waals surface area contributed by atoms with E-state index in [4.69, 9.17) is 14.2 Å². The Kier molecular flexibility index (Phi) is 6.84. The molecule has 0 aliphatic heterocycles. The first kappa shape index (κ1) is 17.7. The van der Waals surface area contributed by atoms with Crippen molar-refractivity contribution in [2.45, 2.75) is 25.7 Å². The van der Waals surface area contributed by atoms with E-state index in [9.17, 15) is 8.78 Å². The van der Waals surface area contributed by atoms with Crippen molar-refractivity contribution in [2.24, 2.45) is 11.8 Å². The van der Waals surface area contributed by atoms with E-state index in [-0.39, 0.29) is 11.5 Å². The Morgan fingerprint density at radius 2 is 1.70 bits per heavy atom. The molecule has 0 N–H and O–H groups in total. The Hall–Kier alpha value is -1.62. The van der Waals surface area contributed by atoms with Crippen LogP contribution in [0.2, 0.25) is 0 Å². The Morgan fingerprint density at radius 1 is 1.04 bits per heavy atom. The van der Waals surface area contributed by atoms with Crippen molar-refractivity contribution < 1.29 is 23.0 Å². The maximum atomic E-state index is 13.8. The normalized spacial score (nSPS) is 21.6. The minimum atomic E-state index is -1.00. The van der Waals surface area contributed by atoms with Crippen LogP contribution in [0.25, 0.3) is 0 Å². The first-order valence-corrected chi connectivity index (χ1v) is 7.96. The van der Waals surface area contributed by atoms with Gasteiger partial charge in [0.15, 0.2) is 11.5 Å². The maximum Gasteiger partial charge on any atom is 0.204 e. The molecule has 1 aliphatic rings. The van der Waals surface area contributed by atoms with E-state index in [1.54, 1.807) is 7.11 Å². The standard InChI is InChI=1S/C18H24F2O3/c1-21-11-3-4-13-5-7-14(8-6-13)12-23-16-10-9-15(22-2)17(19)18(16)20/h3-4,9-10,13-14H,5-8,11-12H2,1-2H3/t13-,14-. The summed E-state index contributed by atoms with van der Waals surface area (Å²) in [7, 11) is 2.98. The van der Waals surface area contributed by atoms with E-state index in [2.05, 4.69) is 12.2 Å². The molecule has 0 aromatic heterocycles. The molecule has 0 saturated heterocycles. The Morgan fingerprint density at radius 3 is 2.35 bits per heavy atom. The lowest BCUT2D eigenvalue weighted by molar-refractivity contribution is 0.186. The number of methoxy groups -OCH3 is 2. The van der Waals surface area contributed by atoms with Crippen LogP contribution in [0.15, 0.2) is 24.3 Å². The zero-order valence-electron chi connectivity index (χ0n) is 13.7. The molecule has 0 unspecified atom stereocenters. The summed E-state index contributed by atoms with van der Waals surface area (Å²) in [6, 6.07) is 2.79. The van der Waals surface area contributed by atoms with E-state index in [0.29, 0.717) is 25.0 Å². The number of ether oxygens (including phenoxy) is 3. The van der Waals surface area contributed by atoms with Crippen LogP contribution in [0.3, 0.4) is 0 Å². The fourth-order valence-corrected chi connectivity index (χ4v) is 2.88. The molecule has 3 nitrogen and oxygen atoms in total. The Balaban J connectivity index is 1.81. The highest BCUT2D eigenvalue weighted by Gasteiger charge is 2.21. The molecule has 5 heteroatoms. The van der Waals surface area contributed by atoms with Gasteiger partial charge >= 0.3 is 0 Å². The van der Waals surface area contributed by atoms with E-state index >= 15 is 0 Å². The smallest absolute Gasteiger partial charge is 0.204 e. The Bertz CT molecular complexity index is 523. The molecule has 0 radical (unpaired) electrons. The molecule has 1 saturated carbocycles. The van der Waals surface area contributed by atoms with Crippen LogP contribution in [0.1, 0.15) is 25.7 Å². The maximum absolute atomic E-state index is 13.8. The van der Waals surface area contributed by atoms with Gasteiger partial charge in [-0.3, -0.25) is 0 Å². The summed E-state index contributed by atoms with van der Waals surface area (Å²) in [5.41, 5.74) is 0. The van der Waals surface area contributed by atoms with Crippen molar-refractivity contribution in [1.82, 2.24) is 0 Å². The van der Waals surface area contributed by atoms with Crippen molar-refractivity contribution in [3.8, 4) is 11.5 Å². The van der Waals surface area contributed by atoms with Gasteiger partial charge < -0.3 is 14.2 Å². The van der Waals surface area contributed by atoms with E-state index in [0.717, 1.165) is 25.7 Å². The second-order valence-electron chi connectivity index (χ2n) is 5.87. The number of rotatable bonds is 7. The fourth-order valence-electron chi connectivity index (χ4n) is 2.88. The Labute approximate surface area is 136 Å². The van der Waals surface area contributed by atoms with Gasteiger partial charge in [0, 0.05) is 7.11 Å². The second-order valence-corrected chi connectivity index (χ2v) is 5.87. The molecule has 0 atom stereocenters. The van der Waals surface area contributed by atoms with Crippen LogP contribution in [-0.4, -0.2) is 27.4 Å². The lowest BCUT2D eigenvalue weighted by Crippen LogP contribution is -2.19. The van der Waals surface area contributed by atoms with Gasteiger partial charge in [0.1, 0.15) is 0 Å². The quantitative estimate of drug-likeness (QED) is 0.697. The summed E-state index contributed by atoms with van der Waals surface area (Å²) < 4.78 is 42.7. The molecule has 0 spiro atoms. The van der Waals surface area contributed by atoms with Gasteiger partial charge in [0.25, 0.3) is 0 Å². The lowest BCUT2D eigenvalue weighted by Gasteiger charge is -2.26. The summed E-state index contributed by atoms with van der Waals surface area (Å²) in [5, 5.41) is 0. The molecule has 0 amide bonds. The number of benzene rings is 1. The largest absolute Gasteiger partial charge is 0.494 e. The van der Waals surface area contributed by atoms with Crippen LogP contribution in [0, 0.1) is 23.5 Å². The van der Waals surface area contributed by atoms with Gasteiger partial charge in [0.2, 0.25) is 11.6 Å². The van der Waals surface area contributed by atoms with Gasteiger partial charge in [-0.15, -0.1) is 0 Å². The van der Waals surface area contributed by atoms with Gasteiger partial charge in [-0.25, -0.2) is 0 Å². The van der Waals surface area contributed by atoms with Gasteiger partial charge in [-0.1, -0.05) is 12.2 Å². The summed E-state index contributed by atoms with van der Waals surface area (Å²) in [6.07, 6.45) is 8.50. The minimum absolute atomic E-state index is 0.0505. The topological polar surface area (TPSA) is 27.7 Å². The van der Waals surface area contributed by atoms with E-state index in [1.807, 2.05) is 0 Å². The molecule has 1 aromatic carbocycles. The molecular weight excluding hydrogens is 302 g/mol. The zero-order valence-corrected chi connectivity index (χ0v) is 13.7. The van der Waals surface area contributed by atoms with Crippen LogP contribution < -0.4 is 9.47 Å². The third-order valence-electron chi connectivity index (χ3n) is 4.27. The summed E-state index contributed by atoms with van der Waals surface area (Å²) in [5.74, 6) is -1.19. The van der Waals surface area contributed by atoms with Crippen molar-refractivity contribution >= 4 is 0 Å². The summed E-state index contributed by atoms with van der Waals surface area (Å²) in [4.78, 5) is 0. The van der Waals surface area contributed by atoms with Crippen molar-refractivity contribution in [2.75, 3.05) is 27.4 Å². The second kappa shape index (κ2) is 8.87. The average Bonchev–Trinajstić information content (AvgIpc) is 2.58. The van der Waals surface area contributed by atoms with Crippen molar-refractivity contribution in [3.63, 3.8) is 0 Å². The van der Waals surface area contributed by atoms with Crippen LogP contribution in [-0.2, 0) is 4.74 Å².